The zero-order valence-electron chi connectivity index (χ0n) is 12.6. The van der Waals surface area contributed by atoms with Crippen molar-refractivity contribution in [3.8, 4) is 5.75 Å². The zero-order valence-corrected chi connectivity index (χ0v) is 12.6. The molecule has 0 bridgehead atoms. The minimum absolute atomic E-state index is 0.671. The SMILES string of the molecule is COc1ccc(C2CCN(CCCn3ccnc3)C2)cc1. The van der Waals surface area contributed by atoms with Gasteiger partial charge in [0.15, 0.2) is 0 Å². The van der Waals surface area contributed by atoms with E-state index in [9.17, 15) is 0 Å². The molecule has 0 aliphatic carbocycles. The van der Waals surface area contributed by atoms with E-state index < -0.39 is 0 Å². The smallest absolute Gasteiger partial charge is 0.118 e. The average Bonchev–Trinajstić information content (AvgIpc) is 3.19. The van der Waals surface area contributed by atoms with E-state index >= 15 is 0 Å². The van der Waals surface area contributed by atoms with Gasteiger partial charge in [-0.3, -0.25) is 0 Å². The summed E-state index contributed by atoms with van der Waals surface area (Å²) in [6.07, 6.45) is 8.22. The number of ether oxygens (including phenoxy) is 1. The highest BCUT2D eigenvalue weighted by Gasteiger charge is 2.23. The van der Waals surface area contributed by atoms with Crippen LogP contribution in [0.4, 0.5) is 0 Å². The average molecular weight is 285 g/mol. The Morgan fingerprint density at radius 1 is 1.24 bits per heavy atom. The molecule has 21 heavy (non-hydrogen) atoms. The summed E-state index contributed by atoms with van der Waals surface area (Å²) in [5.74, 6) is 1.61. The molecule has 4 nitrogen and oxygen atoms in total. The van der Waals surface area contributed by atoms with Crippen LogP contribution in [0.15, 0.2) is 43.0 Å². The van der Waals surface area contributed by atoms with E-state index in [0.29, 0.717) is 5.92 Å². The molecule has 1 aromatic carbocycles. The molecular formula is C17H23N3O. The van der Waals surface area contributed by atoms with E-state index in [-0.39, 0.29) is 0 Å². The molecule has 4 heteroatoms. The van der Waals surface area contributed by atoms with E-state index in [4.69, 9.17) is 4.74 Å². The Morgan fingerprint density at radius 3 is 2.81 bits per heavy atom. The Labute approximate surface area is 126 Å². The van der Waals surface area contributed by atoms with Crippen LogP contribution < -0.4 is 4.74 Å². The van der Waals surface area contributed by atoms with Crippen molar-refractivity contribution in [1.29, 1.82) is 0 Å². The summed E-state index contributed by atoms with van der Waals surface area (Å²) >= 11 is 0. The molecule has 1 unspecified atom stereocenters. The highest BCUT2D eigenvalue weighted by atomic mass is 16.5. The van der Waals surface area contributed by atoms with Crippen LogP contribution in [0.1, 0.15) is 24.3 Å². The van der Waals surface area contributed by atoms with Crippen molar-refractivity contribution in [3.05, 3.63) is 48.5 Å². The summed E-state index contributed by atoms with van der Waals surface area (Å²) in [5, 5.41) is 0. The third kappa shape index (κ3) is 3.64. The lowest BCUT2D eigenvalue weighted by atomic mass is 9.98. The van der Waals surface area contributed by atoms with E-state index in [1.165, 1.54) is 38.0 Å². The van der Waals surface area contributed by atoms with Gasteiger partial charge >= 0.3 is 0 Å². The predicted molar refractivity (Wildman–Crippen MR) is 83.6 cm³/mol. The largest absolute Gasteiger partial charge is 0.497 e. The first kappa shape index (κ1) is 14.1. The fourth-order valence-electron chi connectivity index (χ4n) is 3.08. The Kier molecular flexibility index (Phi) is 4.55. The predicted octanol–water partition coefficient (Wildman–Crippen LogP) is 2.77. The maximum Gasteiger partial charge on any atom is 0.118 e. The van der Waals surface area contributed by atoms with Gasteiger partial charge in [0, 0.05) is 25.5 Å². The van der Waals surface area contributed by atoms with Crippen LogP contribution >= 0.6 is 0 Å². The standard InChI is InChI=1S/C17H23N3O/c1-21-17-5-3-15(4-6-17)16-7-11-19(13-16)9-2-10-20-12-8-18-14-20/h3-6,8,12,14,16H,2,7,9-11,13H2,1H3. The van der Waals surface area contributed by atoms with Gasteiger partial charge in [-0.25, -0.2) is 4.98 Å². The van der Waals surface area contributed by atoms with Gasteiger partial charge in [0.25, 0.3) is 0 Å². The summed E-state index contributed by atoms with van der Waals surface area (Å²) in [5.41, 5.74) is 1.44. The number of imidazole rings is 1. The van der Waals surface area contributed by atoms with Crippen LogP contribution in [0.2, 0.25) is 0 Å². The van der Waals surface area contributed by atoms with Crippen LogP contribution in [-0.4, -0.2) is 41.2 Å². The molecule has 0 amide bonds. The molecule has 1 aliphatic rings. The number of hydrogen-bond donors (Lipinski definition) is 0. The summed E-state index contributed by atoms with van der Waals surface area (Å²) in [6.45, 7) is 4.62. The third-order valence-electron chi connectivity index (χ3n) is 4.31. The Bertz CT molecular complexity index is 536. The highest BCUT2D eigenvalue weighted by Crippen LogP contribution is 2.28. The molecule has 0 N–H and O–H groups in total. The molecule has 1 atom stereocenters. The van der Waals surface area contributed by atoms with E-state index in [1.54, 1.807) is 7.11 Å². The Morgan fingerprint density at radius 2 is 2.10 bits per heavy atom. The molecule has 112 valence electrons. The molecule has 3 rings (SSSR count). The Hall–Kier alpha value is -1.81. The molecule has 0 radical (unpaired) electrons. The van der Waals surface area contributed by atoms with E-state index in [1.807, 2.05) is 18.7 Å². The van der Waals surface area contributed by atoms with Crippen LogP contribution in [0.5, 0.6) is 5.75 Å². The van der Waals surface area contributed by atoms with Gasteiger partial charge in [-0.1, -0.05) is 12.1 Å². The Balaban J connectivity index is 1.46. The lowest BCUT2D eigenvalue weighted by Gasteiger charge is -2.16. The maximum atomic E-state index is 5.22. The van der Waals surface area contributed by atoms with E-state index in [0.717, 1.165) is 12.3 Å². The lowest BCUT2D eigenvalue weighted by Crippen LogP contribution is -2.22. The summed E-state index contributed by atoms with van der Waals surface area (Å²) in [6, 6.07) is 8.55. The van der Waals surface area contributed by atoms with Gasteiger partial charge in [-0.15, -0.1) is 0 Å². The van der Waals surface area contributed by atoms with Crippen molar-refractivity contribution in [3.63, 3.8) is 0 Å². The zero-order chi connectivity index (χ0) is 14.5. The first-order chi connectivity index (χ1) is 10.3. The quantitative estimate of drug-likeness (QED) is 0.817. The fourth-order valence-corrected chi connectivity index (χ4v) is 3.08. The van der Waals surface area contributed by atoms with Crippen molar-refractivity contribution >= 4 is 0 Å². The number of likely N-dealkylation sites (tertiary alicyclic amines) is 1. The van der Waals surface area contributed by atoms with Gasteiger partial charge in [-0.2, -0.15) is 0 Å². The minimum atomic E-state index is 0.671. The van der Waals surface area contributed by atoms with Crippen molar-refractivity contribution in [2.75, 3.05) is 26.7 Å². The van der Waals surface area contributed by atoms with Gasteiger partial charge in [-0.05, 0) is 49.5 Å². The highest BCUT2D eigenvalue weighted by molar-refractivity contribution is 5.30. The molecule has 1 saturated heterocycles. The minimum Gasteiger partial charge on any atom is -0.497 e. The number of benzene rings is 1. The second-order valence-corrected chi connectivity index (χ2v) is 5.71. The van der Waals surface area contributed by atoms with Crippen LogP contribution in [0, 0.1) is 0 Å². The maximum absolute atomic E-state index is 5.22. The van der Waals surface area contributed by atoms with Crippen LogP contribution in [0.3, 0.4) is 0 Å². The van der Waals surface area contributed by atoms with Crippen molar-refractivity contribution in [1.82, 2.24) is 14.5 Å². The van der Waals surface area contributed by atoms with E-state index in [2.05, 4.69) is 38.7 Å². The summed E-state index contributed by atoms with van der Waals surface area (Å²) < 4.78 is 7.37. The van der Waals surface area contributed by atoms with Crippen LogP contribution in [0.25, 0.3) is 0 Å². The lowest BCUT2D eigenvalue weighted by molar-refractivity contribution is 0.321. The molecule has 0 spiro atoms. The number of nitrogens with zero attached hydrogens (tertiary/aromatic N) is 3. The second-order valence-electron chi connectivity index (χ2n) is 5.71. The molecule has 2 heterocycles. The fraction of sp³-hybridized carbons (Fsp3) is 0.471. The van der Waals surface area contributed by atoms with Gasteiger partial charge < -0.3 is 14.2 Å². The van der Waals surface area contributed by atoms with Gasteiger partial charge in [0.05, 0.1) is 13.4 Å². The topological polar surface area (TPSA) is 30.3 Å². The van der Waals surface area contributed by atoms with Crippen molar-refractivity contribution < 1.29 is 4.74 Å². The van der Waals surface area contributed by atoms with Crippen LogP contribution in [-0.2, 0) is 6.54 Å². The monoisotopic (exact) mass is 285 g/mol. The number of rotatable bonds is 6. The second kappa shape index (κ2) is 6.76. The molecule has 0 saturated carbocycles. The van der Waals surface area contributed by atoms with Crippen molar-refractivity contribution in [2.45, 2.75) is 25.3 Å². The van der Waals surface area contributed by atoms with Gasteiger partial charge in [0.1, 0.15) is 5.75 Å². The molecular weight excluding hydrogens is 262 g/mol. The van der Waals surface area contributed by atoms with Gasteiger partial charge in [0.2, 0.25) is 0 Å². The third-order valence-corrected chi connectivity index (χ3v) is 4.31. The molecule has 2 aromatic rings. The number of hydrogen-bond acceptors (Lipinski definition) is 3. The first-order valence-corrected chi connectivity index (χ1v) is 7.67. The number of methoxy groups -OCH3 is 1. The normalized spacial score (nSPS) is 19.0. The number of aromatic nitrogens is 2. The molecule has 1 aliphatic heterocycles. The number of aryl methyl sites for hydroxylation is 1. The summed E-state index contributed by atoms with van der Waals surface area (Å²) in [4.78, 5) is 6.65. The molecule has 1 aromatic heterocycles. The molecule has 1 fully saturated rings. The van der Waals surface area contributed by atoms with Crippen molar-refractivity contribution in [2.24, 2.45) is 0 Å². The first-order valence-electron chi connectivity index (χ1n) is 7.67. The summed E-state index contributed by atoms with van der Waals surface area (Å²) in [7, 11) is 1.71.